The molecule has 1 aromatic carbocycles. The molecule has 0 atom stereocenters. The van der Waals surface area contributed by atoms with E-state index in [-0.39, 0.29) is 0 Å². The average molecular weight is 285 g/mol. The SMILES string of the molecule is NCc1cccc(OCc2ccn(C3CCCCC3)n2)c1. The fourth-order valence-electron chi connectivity index (χ4n) is 2.92. The monoisotopic (exact) mass is 285 g/mol. The molecule has 2 N–H and O–H groups in total. The lowest BCUT2D eigenvalue weighted by Gasteiger charge is -2.21. The van der Waals surface area contributed by atoms with Crippen molar-refractivity contribution in [2.75, 3.05) is 0 Å². The molecule has 0 bridgehead atoms. The molecule has 2 aromatic rings. The molecule has 1 aliphatic carbocycles. The third kappa shape index (κ3) is 3.64. The average Bonchev–Trinajstić information content (AvgIpc) is 3.03. The maximum absolute atomic E-state index is 5.80. The Morgan fingerprint density at radius 2 is 2.05 bits per heavy atom. The van der Waals surface area contributed by atoms with Crippen LogP contribution in [-0.4, -0.2) is 9.78 Å². The Bertz CT molecular complexity index is 573. The highest BCUT2D eigenvalue weighted by molar-refractivity contribution is 5.28. The van der Waals surface area contributed by atoms with Crippen molar-refractivity contribution in [1.82, 2.24) is 9.78 Å². The fourth-order valence-corrected chi connectivity index (χ4v) is 2.92. The summed E-state index contributed by atoms with van der Waals surface area (Å²) in [7, 11) is 0. The molecule has 21 heavy (non-hydrogen) atoms. The number of nitrogens with two attached hydrogens (primary N) is 1. The number of nitrogens with zero attached hydrogens (tertiary/aromatic N) is 2. The molecular formula is C17H23N3O. The minimum atomic E-state index is 0.508. The molecule has 1 saturated carbocycles. The lowest BCUT2D eigenvalue weighted by Crippen LogP contribution is -2.13. The van der Waals surface area contributed by atoms with Crippen LogP contribution in [0, 0.1) is 0 Å². The Morgan fingerprint density at radius 1 is 1.19 bits per heavy atom. The van der Waals surface area contributed by atoms with Gasteiger partial charge in [-0.25, -0.2) is 0 Å². The Labute approximate surface area is 125 Å². The third-order valence-electron chi connectivity index (χ3n) is 4.13. The highest BCUT2D eigenvalue weighted by Gasteiger charge is 2.16. The van der Waals surface area contributed by atoms with Gasteiger partial charge in [0.05, 0.1) is 11.7 Å². The quantitative estimate of drug-likeness (QED) is 0.915. The van der Waals surface area contributed by atoms with Gasteiger partial charge in [-0.05, 0) is 36.6 Å². The topological polar surface area (TPSA) is 53.1 Å². The number of hydrogen-bond acceptors (Lipinski definition) is 3. The van der Waals surface area contributed by atoms with E-state index in [1.807, 2.05) is 24.3 Å². The molecule has 0 amide bonds. The molecule has 0 radical (unpaired) electrons. The Kier molecular flexibility index (Phi) is 4.55. The van der Waals surface area contributed by atoms with Gasteiger partial charge in [-0.15, -0.1) is 0 Å². The zero-order chi connectivity index (χ0) is 14.5. The van der Waals surface area contributed by atoms with E-state index < -0.39 is 0 Å². The predicted molar refractivity (Wildman–Crippen MR) is 83.0 cm³/mol. The molecule has 3 rings (SSSR count). The molecule has 0 saturated heterocycles. The van der Waals surface area contributed by atoms with Crippen LogP contribution in [0.4, 0.5) is 0 Å². The van der Waals surface area contributed by atoms with E-state index >= 15 is 0 Å². The van der Waals surface area contributed by atoms with Gasteiger partial charge in [0.1, 0.15) is 12.4 Å². The van der Waals surface area contributed by atoms with Crippen LogP contribution in [0.1, 0.15) is 49.4 Å². The van der Waals surface area contributed by atoms with E-state index in [9.17, 15) is 0 Å². The van der Waals surface area contributed by atoms with Crippen molar-refractivity contribution in [3.63, 3.8) is 0 Å². The largest absolute Gasteiger partial charge is 0.487 e. The second-order valence-electron chi connectivity index (χ2n) is 5.72. The van der Waals surface area contributed by atoms with Gasteiger partial charge < -0.3 is 10.5 Å². The molecule has 112 valence electrons. The number of aromatic nitrogens is 2. The minimum Gasteiger partial charge on any atom is -0.487 e. The summed E-state index contributed by atoms with van der Waals surface area (Å²) >= 11 is 0. The van der Waals surface area contributed by atoms with Gasteiger partial charge in [0.15, 0.2) is 0 Å². The van der Waals surface area contributed by atoms with Crippen LogP contribution in [0.3, 0.4) is 0 Å². The number of benzene rings is 1. The van der Waals surface area contributed by atoms with Gasteiger partial charge in [0, 0.05) is 12.7 Å². The normalized spacial score (nSPS) is 16.0. The lowest BCUT2D eigenvalue weighted by molar-refractivity contribution is 0.291. The summed E-state index contributed by atoms with van der Waals surface area (Å²) in [5, 5.41) is 4.66. The van der Waals surface area contributed by atoms with Gasteiger partial charge in [0.2, 0.25) is 0 Å². The van der Waals surface area contributed by atoms with Crippen LogP contribution in [0.15, 0.2) is 36.5 Å². The van der Waals surface area contributed by atoms with Crippen LogP contribution in [0.2, 0.25) is 0 Å². The Hall–Kier alpha value is -1.81. The molecule has 0 aliphatic heterocycles. The molecule has 1 aromatic heterocycles. The third-order valence-corrected chi connectivity index (χ3v) is 4.13. The van der Waals surface area contributed by atoms with E-state index in [2.05, 4.69) is 22.0 Å². The van der Waals surface area contributed by atoms with Crippen LogP contribution < -0.4 is 10.5 Å². The maximum atomic E-state index is 5.80. The summed E-state index contributed by atoms with van der Waals surface area (Å²) in [5.74, 6) is 0.852. The van der Waals surface area contributed by atoms with E-state index in [4.69, 9.17) is 10.5 Å². The second-order valence-corrected chi connectivity index (χ2v) is 5.72. The molecule has 0 spiro atoms. The predicted octanol–water partition coefficient (Wildman–Crippen LogP) is 3.43. The molecule has 1 heterocycles. The van der Waals surface area contributed by atoms with Crippen LogP contribution in [-0.2, 0) is 13.2 Å². The zero-order valence-corrected chi connectivity index (χ0v) is 12.4. The summed E-state index contributed by atoms with van der Waals surface area (Å²) in [6.07, 6.45) is 8.60. The first-order valence-electron chi connectivity index (χ1n) is 7.81. The summed E-state index contributed by atoms with van der Waals surface area (Å²) in [6.45, 7) is 1.04. The fraction of sp³-hybridized carbons (Fsp3) is 0.471. The Morgan fingerprint density at radius 3 is 2.86 bits per heavy atom. The van der Waals surface area contributed by atoms with Crippen molar-refractivity contribution in [2.24, 2.45) is 5.73 Å². The van der Waals surface area contributed by atoms with E-state index in [1.54, 1.807) is 0 Å². The van der Waals surface area contributed by atoms with Crippen molar-refractivity contribution < 1.29 is 4.74 Å². The zero-order valence-electron chi connectivity index (χ0n) is 12.4. The molecule has 1 fully saturated rings. The standard InChI is InChI=1S/C17H23N3O/c18-12-14-5-4-8-17(11-14)21-13-15-9-10-20(19-15)16-6-2-1-3-7-16/h4-5,8-11,16H,1-3,6-7,12-13,18H2. The first-order chi connectivity index (χ1) is 10.3. The van der Waals surface area contributed by atoms with Crippen molar-refractivity contribution >= 4 is 0 Å². The van der Waals surface area contributed by atoms with Crippen molar-refractivity contribution in [1.29, 1.82) is 0 Å². The van der Waals surface area contributed by atoms with Crippen LogP contribution in [0.5, 0.6) is 5.75 Å². The van der Waals surface area contributed by atoms with Gasteiger partial charge >= 0.3 is 0 Å². The summed E-state index contributed by atoms with van der Waals surface area (Å²) < 4.78 is 7.92. The highest BCUT2D eigenvalue weighted by Crippen LogP contribution is 2.27. The van der Waals surface area contributed by atoms with Crippen LogP contribution in [0.25, 0.3) is 0 Å². The summed E-state index contributed by atoms with van der Waals surface area (Å²) in [6, 6.07) is 10.5. The first-order valence-corrected chi connectivity index (χ1v) is 7.81. The lowest BCUT2D eigenvalue weighted by atomic mass is 9.96. The maximum Gasteiger partial charge on any atom is 0.132 e. The molecular weight excluding hydrogens is 262 g/mol. The summed E-state index contributed by atoms with van der Waals surface area (Å²) in [4.78, 5) is 0. The van der Waals surface area contributed by atoms with Gasteiger partial charge in [-0.3, -0.25) is 4.68 Å². The van der Waals surface area contributed by atoms with E-state index in [0.717, 1.165) is 17.0 Å². The molecule has 0 unspecified atom stereocenters. The van der Waals surface area contributed by atoms with Crippen molar-refractivity contribution in [3.8, 4) is 5.75 Å². The second kappa shape index (κ2) is 6.76. The van der Waals surface area contributed by atoms with Gasteiger partial charge in [0.25, 0.3) is 0 Å². The smallest absolute Gasteiger partial charge is 0.132 e. The Balaban J connectivity index is 1.59. The van der Waals surface area contributed by atoms with Gasteiger partial charge in [-0.1, -0.05) is 31.4 Å². The molecule has 4 nitrogen and oxygen atoms in total. The summed E-state index contributed by atoms with van der Waals surface area (Å²) in [5.41, 5.74) is 7.71. The van der Waals surface area contributed by atoms with Gasteiger partial charge in [-0.2, -0.15) is 5.10 Å². The van der Waals surface area contributed by atoms with E-state index in [0.29, 0.717) is 19.2 Å². The number of hydrogen-bond donors (Lipinski definition) is 1. The minimum absolute atomic E-state index is 0.508. The van der Waals surface area contributed by atoms with Crippen molar-refractivity contribution in [3.05, 3.63) is 47.8 Å². The first kappa shape index (κ1) is 14.1. The molecule has 4 heteroatoms. The van der Waals surface area contributed by atoms with Crippen molar-refractivity contribution in [2.45, 2.75) is 51.3 Å². The number of rotatable bonds is 5. The number of ether oxygens (including phenoxy) is 1. The molecule has 1 aliphatic rings. The van der Waals surface area contributed by atoms with Crippen LogP contribution >= 0.6 is 0 Å². The van der Waals surface area contributed by atoms with E-state index in [1.165, 1.54) is 32.1 Å². The highest BCUT2D eigenvalue weighted by atomic mass is 16.5.